The Balaban J connectivity index is 3.05. The van der Waals surface area contributed by atoms with Crippen LogP contribution in [0.3, 0.4) is 0 Å². The van der Waals surface area contributed by atoms with E-state index in [0.29, 0.717) is 11.5 Å². The van der Waals surface area contributed by atoms with Gasteiger partial charge in [-0.15, -0.1) is 0 Å². The molecule has 1 aromatic rings. The molecule has 0 saturated heterocycles. The summed E-state index contributed by atoms with van der Waals surface area (Å²) < 4.78 is 15.4. The Morgan fingerprint density at radius 1 is 1.31 bits per heavy atom. The van der Waals surface area contributed by atoms with Crippen LogP contribution in [0.25, 0.3) is 0 Å². The predicted molar refractivity (Wildman–Crippen MR) is 59.7 cm³/mol. The number of carbonyl (C=O) groups is 1. The van der Waals surface area contributed by atoms with Crippen LogP contribution >= 0.6 is 0 Å². The third-order valence-corrected chi connectivity index (χ3v) is 2.25. The van der Waals surface area contributed by atoms with E-state index in [1.165, 1.54) is 6.92 Å². The summed E-state index contributed by atoms with van der Waals surface area (Å²) in [5.74, 6) is 0.860. The average Bonchev–Trinajstić information content (AvgIpc) is 2.27. The first kappa shape index (κ1) is 12.5. The molecule has 0 spiro atoms. The van der Waals surface area contributed by atoms with E-state index >= 15 is 0 Å². The fraction of sp³-hybridized carbons (Fsp3) is 0.417. The standard InChI is InChI=1S/C12H16O4/c1-8(14-3)11-7-10(16-9(2)13)5-6-12(11)15-4/h5-8H,1-4H3. The Hall–Kier alpha value is -1.55. The smallest absolute Gasteiger partial charge is 0.308 e. The van der Waals surface area contributed by atoms with Crippen molar-refractivity contribution >= 4 is 5.97 Å². The topological polar surface area (TPSA) is 44.8 Å². The summed E-state index contributed by atoms with van der Waals surface area (Å²) in [6, 6.07) is 5.18. The number of hydrogen-bond donors (Lipinski definition) is 0. The van der Waals surface area contributed by atoms with Crippen LogP contribution in [0.1, 0.15) is 25.5 Å². The summed E-state index contributed by atoms with van der Waals surface area (Å²) in [5.41, 5.74) is 0.851. The second-order valence-electron chi connectivity index (χ2n) is 3.38. The molecule has 0 radical (unpaired) electrons. The fourth-order valence-electron chi connectivity index (χ4n) is 1.39. The normalized spacial score (nSPS) is 12.0. The molecule has 0 amide bonds. The van der Waals surface area contributed by atoms with Crippen LogP contribution in [0.4, 0.5) is 0 Å². The van der Waals surface area contributed by atoms with Gasteiger partial charge in [-0.3, -0.25) is 4.79 Å². The molecule has 4 nitrogen and oxygen atoms in total. The minimum Gasteiger partial charge on any atom is -0.496 e. The van der Waals surface area contributed by atoms with Crippen LogP contribution in [-0.2, 0) is 9.53 Å². The highest BCUT2D eigenvalue weighted by molar-refractivity contribution is 5.69. The van der Waals surface area contributed by atoms with Crippen molar-refractivity contribution < 1.29 is 19.0 Å². The summed E-state index contributed by atoms with van der Waals surface area (Å²) in [6.07, 6.45) is -0.120. The molecule has 0 aliphatic carbocycles. The SMILES string of the molecule is COc1ccc(OC(C)=O)cc1C(C)OC. The highest BCUT2D eigenvalue weighted by Crippen LogP contribution is 2.30. The zero-order chi connectivity index (χ0) is 12.1. The molecule has 4 heteroatoms. The van der Waals surface area contributed by atoms with Gasteiger partial charge < -0.3 is 14.2 Å². The highest BCUT2D eigenvalue weighted by Gasteiger charge is 2.12. The molecule has 0 aromatic heterocycles. The van der Waals surface area contributed by atoms with Gasteiger partial charge in [0, 0.05) is 19.6 Å². The van der Waals surface area contributed by atoms with Gasteiger partial charge in [-0.2, -0.15) is 0 Å². The van der Waals surface area contributed by atoms with Gasteiger partial charge in [-0.1, -0.05) is 0 Å². The minimum absolute atomic E-state index is 0.120. The number of hydrogen-bond acceptors (Lipinski definition) is 4. The zero-order valence-electron chi connectivity index (χ0n) is 9.94. The molecule has 16 heavy (non-hydrogen) atoms. The number of methoxy groups -OCH3 is 2. The first-order valence-electron chi connectivity index (χ1n) is 4.97. The van der Waals surface area contributed by atoms with Crippen LogP contribution in [0, 0.1) is 0 Å². The second-order valence-corrected chi connectivity index (χ2v) is 3.38. The van der Waals surface area contributed by atoms with Crippen LogP contribution in [0.15, 0.2) is 18.2 Å². The van der Waals surface area contributed by atoms with Crippen molar-refractivity contribution in [3.63, 3.8) is 0 Å². The molecular weight excluding hydrogens is 208 g/mol. The molecule has 0 saturated carbocycles. The van der Waals surface area contributed by atoms with E-state index in [1.807, 2.05) is 6.92 Å². The summed E-state index contributed by atoms with van der Waals surface area (Å²) in [6.45, 7) is 3.26. The Kier molecular flexibility index (Phi) is 4.31. The lowest BCUT2D eigenvalue weighted by Gasteiger charge is -2.15. The Labute approximate surface area is 95.1 Å². The summed E-state index contributed by atoms with van der Waals surface area (Å²) in [5, 5.41) is 0. The number of rotatable bonds is 4. The molecular formula is C12H16O4. The van der Waals surface area contributed by atoms with Crippen molar-refractivity contribution in [2.45, 2.75) is 20.0 Å². The van der Waals surface area contributed by atoms with Gasteiger partial charge in [0.05, 0.1) is 13.2 Å². The molecule has 1 rings (SSSR count). The molecule has 0 aliphatic heterocycles. The van der Waals surface area contributed by atoms with E-state index in [1.54, 1.807) is 32.4 Å². The third-order valence-electron chi connectivity index (χ3n) is 2.25. The monoisotopic (exact) mass is 224 g/mol. The predicted octanol–water partition coefficient (Wildman–Crippen LogP) is 2.33. The second kappa shape index (κ2) is 5.51. The number of ether oxygens (including phenoxy) is 3. The van der Waals surface area contributed by atoms with Crippen molar-refractivity contribution in [3.8, 4) is 11.5 Å². The van der Waals surface area contributed by atoms with Crippen molar-refractivity contribution in [1.82, 2.24) is 0 Å². The summed E-state index contributed by atoms with van der Waals surface area (Å²) >= 11 is 0. The highest BCUT2D eigenvalue weighted by atomic mass is 16.5. The molecule has 0 bridgehead atoms. The van der Waals surface area contributed by atoms with Crippen molar-refractivity contribution in [2.75, 3.05) is 14.2 Å². The summed E-state index contributed by atoms with van der Waals surface area (Å²) in [7, 11) is 3.20. The van der Waals surface area contributed by atoms with Crippen LogP contribution in [-0.4, -0.2) is 20.2 Å². The van der Waals surface area contributed by atoms with Gasteiger partial charge in [-0.05, 0) is 25.1 Å². The quantitative estimate of drug-likeness (QED) is 0.581. The molecule has 0 heterocycles. The molecule has 0 aliphatic rings. The van der Waals surface area contributed by atoms with Gasteiger partial charge in [-0.25, -0.2) is 0 Å². The van der Waals surface area contributed by atoms with Gasteiger partial charge in [0.1, 0.15) is 11.5 Å². The van der Waals surface area contributed by atoms with Crippen molar-refractivity contribution in [3.05, 3.63) is 23.8 Å². The van der Waals surface area contributed by atoms with E-state index in [0.717, 1.165) is 5.56 Å². The van der Waals surface area contributed by atoms with Crippen molar-refractivity contribution in [2.24, 2.45) is 0 Å². The van der Waals surface area contributed by atoms with Gasteiger partial charge >= 0.3 is 5.97 Å². The zero-order valence-corrected chi connectivity index (χ0v) is 9.94. The lowest BCUT2D eigenvalue weighted by Crippen LogP contribution is -2.04. The molecule has 1 aromatic carbocycles. The molecule has 0 fully saturated rings. The minimum atomic E-state index is -0.346. The van der Waals surface area contributed by atoms with E-state index in [4.69, 9.17) is 14.2 Å². The van der Waals surface area contributed by atoms with Gasteiger partial charge in [0.25, 0.3) is 0 Å². The molecule has 1 atom stereocenters. The third kappa shape index (κ3) is 2.97. The summed E-state index contributed by atoms with van der Waals surface area (Å²) in [4.78, 5) is 10.8. The average molecular weight is 224 g/mol. The van der Waals surface area contributed by atoms with Crippen molar-refractivity contribution in [1.29, 1.82) is 0 Å². The first-order chi connectivity index (χ1) is 7.58. The maximum absolute atomic E-state index is 10.8. The van der Waals surface area contributed by atoms with Gasteiger partial charge in [0.2, 0.25) is 0 Å². The Morgan fingerprint density at radius 2 is 2.00 bits per heavy atom. The maximum atomic E-state index is 10.8. The molecule has 0 N–H and O–H groups in total. The fourth-order valence-corrected chi connectivity index (χ4v) is 1.39. The van der Waals surface area contributed by atoms with E-state index in [2.05, 4.69) is 0 Å². The number of carbonyl (C=O) groups excluding carboxylic acids is 1. The molecule has 88 valence electrons. The first-order valence-corrected chi connectivity index (χ1v) is 4.97. The molecule has 1 unspecified atom stereocenters. The van der Waals surface area contributed by atoms with E-state index < -0.39 is 0 Å². The lowest BCUT2D eigenvalue weighted by atomic mass is 10.1. The van der Waals surface area contributed by atoms with E-state index in [9.17, 15) is 4.79 Å². The largest absolute Gasteiger partial charge is 0.496 e. The van der Waals surface area contributed by atoms with E-state index in [-0.39, 0.29) is 12.1 Å². The Bertz CT molecular complexity index is 373. The van der Waals surface area contributed by atoms with Crippen LogP contribution < -0.4 is 9.47 Å². The maximum Gasteiger partial charge on any atom is 0.308 e. The Morgan fingerprint density at radius 3 is 2.50 bits per heavy atom. The number of benzene rings is 1. The van der Waals surface area contributed by atoms with Crippen LogP contribution in [0.2, 0.25) is 0 Å². The lowest BCUT2D eigenvalue weighted by molar-refractivity contribution is -0.131. The number of esters is 1. The van der Waals surface area contributed by atoms with Crippen LogP contribution in [0.5, 0.6) is 11.5 Å². The van der Waals surface area contributed by atoms with Gasteiger partial charge in [0.15, 0.2) is 0 Å².